The highest BCUT2D eigenvalue weighted by Crippen LogP contribution is 2.23. The van der Waals surface area contributed by atoms with Crippen molar-refractivity contribution in [3.8, 4) is 0 Å². The van der Waals surface area contributed by atoms with Crippen LogP contribution in [0.4, 0.5) is 0 Å². The molecule has 0 saturated carbocycles. The molecule has 1 aromatic carbocycles. The van der Waals surface area contributed by atoms with E-state index in [0.717, 1.165) is 18.4 Å². The molecule has 0 amide bonds. The maximum absolute atomic E-state index is 12.1. The van der Waals surface area contributed by atoms with Crippen LogP contribution in [-0.4, -0.2) is 28.7 Å². The fourth-order valence-corrected chi connectivity index (χ4v) is 2.87. The minimum absolute atomic E-state index is 0.0237. The van der Waals surface area contributed by atoms with Gasteiger partial charge in [-0.2, -0.15) is 0 Å². The molecule has 114 valence electrons. The van der Waals surface area contributed by atoms with Crippen molar-refractivity contribution in [2.75, 3.05) is 20.3 Å². The molecule has 5 heteroatoms. The predicted octanol–water partition coefficient (Wildman–Crippen LogP) is 2.69. The Balaban J connectivity index is 2.64. The Morgan fingerprint density at radius 3 is 2.20 bits per heavy atom. The van der Waals surface area contributed by atoms with Gasteiger partial charge in [0.25, 0.3) is 0 Å². The molecule has 1 rings (SSSR count). The quantitative estimate of drug-likeness (QED) is 0.788. The topological polar surface area (TPSA) is 55.4 Å². The fourth-order valence-electron chi connectivity index (χ4n) is 1.80. The number of rotatable bonds is 7. The zero-order valence-corrected chi connectivity index (χ0v) is 13.6. The Kier molecular flexibility index (Phi) is 6.17. The summed E-state index contributed by atoms with van der Waals surface area (Å²) in [5.41, 5.74) is 1.15. The van der Waals surface area contributed by atoms with E-state index in [2.05, 4.69) is 25.5 Å². The third-order valence-corrected chi connectivity index (χ3v) is 4.57. The van der Waals surface area contributed by atoms with Crippen molar-refractivity contribution >= 4 is 10.0 Å². The van der Waals surface area contributed by atoms with Gasteiger partial charge in [0.05, 0.1) is 4.90 Å². The second kappa shape index (κ2) is 7.20. The van der Waals surface area contributed by atoms with Crippen LogP contribution in [0.25, 0.3) is 0 Å². The van der Waals surface area contributed by atoms with Crippen molar-refractivity contribution in [2.45, 2.75) is 43.9 Å². The van der Waals surface area contributed by atoms with Crippen molar-refractivity contribution in [1.29, 1.82) is 0 Å². The van der Waals surface area contributed by atoms with Crippen LogP contribution in [0.3, 0.4) is 0 Å². The summed E-state index contributed by atoms with van der Waals surface area (Å²) in [5, 5.41) is 0. The third kappa shape index (κ3) is 5.23. The normalized spacial score (nSPS) is 12.6. The Morgan fingerprint density at radius 2 is 1.70 bits per heavy atom. The van der Waals surface area contributed by atoms with Crippen molar-refractivity contribution < 1.29 is 13.2 Å². The summed E-state index contributed by atoms with van der Waals surface area (Å²) < 4.78 is 31.7. The number of ether oxygens (including phenoxy) is 1. The Morgan fingerprint density at radius 1 is 1.10 bits per heavy atom. The van der Waals surface area contributed by atoms with Crippen LogP contribution in [0.1, 0.15) is 39.2 Å². The van der Waals surface area contributed by atoms with E-state index in [9.17, 15) is 8.42 Å². The third-order valence-electron chi connectivity index (χ3n) is 3.10. The molecule has 0 saturated heterocycles. The van der Waals surface area contributed by atoms with Crippen molar-refractivity contribution in [2.24, 2.45) is 0 Å². The number of nitrogens with one attached hydrogen (secondary N) is 1. The lowest BCUT2D eigenvalue weighted by atomic mass is 9.87. The highest BCUT2D eigenvalue weighted by atomic mass is 32.2. The molecule has 0 heterocycles. The lowest BCUT2D eigenvalue weighted by molar-refractivity contribution is 0.193. The monoisotopic (exact) mass is 299 g/mol. The molecule has 1 aromatic rings. The molecule has 0 spiro atoms. The average Bonchev–Trinajstić information content (AvgIpc) is 2.37. The molecule has 1 N–H and O–H groups in total. The van der Waals surface area contributed by atoms with Crippen LogP contribution in [0.2, 0.25) is 0 Å². The van der Waals surface area contributed by atoms with Crippen LogP contribution < -0.4 is 4.72 Å². The number of hydrogen-bond acceptors (Lipinski definition) is 3. The van der Waals surface area contributed by atoms with E-state index in [-0.39, 0.29) is 5.41 Å². The number of methoxy groups -OCH3 is 1. The molecule has 4 nitrogen and oxygen atoms in total. The maximum atomic E-state index is 12.1. The molecular formula is C15H25NO3S. The lowest BCUT2D eigenvalue weighted by Crippen LogP contribution is -2.25. The molecule has 0 fully saturated rings. The molecule has 0 atom stereocenters. The highest BCUT2D eigenvalue weighted by Gasteiger charge is 2.17. The van der Waals surface area contributed by atoms with Gasteiger partial charge in [-0.15, -0.1) is 0 Å². The molecule has 0 aromatic heterocycles. The zero-order valence-electron chi connectivity index (χ0n) is 12.8. The summed E-state index contributed by atoms with van der Waals surface area (Å²) in [6.45, 7) is 7.40. The Hall–Kier alpha value is -0.910. The number of unbranched alkanes of at least 4 members (excludes halogenated alkanes) is 1. The Labute approximate surface area is 122 Å². The predicted molar refractivity (Wildman–Crippen MR) is 81.4 cm³/mol. The van der Waals surface area contributed by atoms with Gasteiger partial charge in [0, 0.05) is 20.3 Å². The van der Waals surface area contributed by atoms with Gasteiger partial charge in [-0.05, 0) is 36.0 Å². The van der Waals surface area contributed by atoms with Gasteiger partial charge in [0.1, 0.15) is 0 Å². The van der Waals surface area contributed by atoms with Crippen LogP contribution in [-0.2, 0) is 20.2 Å². The summed E-state index contributed by atoms with van der Waals surface area (Å²) in [5.74, 6) is 0. The Bertz CT molecular complexity index is 501. The lowest BCUT2D eigenvalue weighted by Gasteiger charge is -2.19. The first-order valence-electron chi connectivity index (χ1n) is 6.86. The first kappa shape index (κ1) is 17.1. The van der Waals surface area contributed by atoms with Crippen LogP contribution in [0.15, 0.2) is 29.2 Å². The molecule has 0 radical (unpaired) electrons. The smallest absolute Gasteiger partial charge is 0.240 e. The molecule has 0 bridgehead atoms. The number of hydrogen-bond donors (Lipinski definition) is 1. The first-order chi connectivity index (χ1) is 9.27. The number of sulfonamides is 1. The van der Waals surface area contributed by atoms with Gasteiger partial charge in [0.15, 0.2) is 0 Å². The van der Waals surface area contributed by atoms with Crippen LogP contribution in [0.5, 0.6) is 0 Å². The van der Waals surface area contributed by atoms with E-state index >= 15 is 0 Å². The fraction of sp³-hybridized carbons (Fsp3) is 0.600. The highest BCUT2D eigenvalue weighted by molar-refractivity contribution is 7.89. The first-order valence-corrected chi connectivity index (χ1v) is 8.35. The largest absolute Gasteiger partial charge is 0.385 e. The summed E-state index contributed by atoms with van der Waals surface area (Å²) in [6, 6.07) is 7.08. The van der Waals surface area contributed by atoms with Gasteiger partial charge in [-0.3, -0.25) is 0 Å². The van der Waals surface area contributed by atoms with E-state index in [4.69, 9.17) is 4.74 Å². The van der Waals surface area contributed by atoms with Gasteiger partial charge in [-0.1, -0.05) is 32.9 Å². The van der Waals surface area contributed by atoms with Gasteiger partial charge < -0.3 is 4.74 Å². The maximum Gasteiger partial charge on any atom is 0.240 e. The molecule has 0 unspecified atom stereocenters. The molecule has 0 aliphatic rings. The van der Waals surface area contributed by atoms with Crippen molar-refractivity contribution in [1.82, 2.24) is 4.72 Å². The van der Waals surface area contributed by atoms with Gasteiger partial charge in [-0.25, -0.2) is 13.1 Å². The molecule has 0 aliphatic heterocycles. The van der Waals surface area contributed by atoms with E-state index < -0.39 is 10.0 Å². The summed E-state index contributed by atoms with van der Waals surface area (Å²) in [4.78, 5) is 0.317. The summed E-state index contributed by atoms with van der Waals surface area (Å²) in [6.07, 6.45) is 1.62. The van der Waals surface area contributed by atoms with Gasteiger partial charge >= 0.3 is 0 Å². The van der Waals surface area contributed by atoms with E-state index in [1.807, 2.05) is 12.1 Å². The standard InChI is InChI=1S/C15H25NO3S/c1-15(2,3)13-7-9-14(10-8-13)20(17,18)16-11-5-6-12-19-4/h7-10,16H,5-6,11-12H2,1-4H3. The molecule has 0 aliphatic carbocycles. The van der Waals surface area contributed by atoms with Gasteiger partial charge in [0.2, 0.25) is 10.0 Å². The van der Waals surface area contributed by atoms with Crippen LogP contribution >= 0.6 is 0 Å². The summed E-state index contributed by atoms with van der Waals surface area (Å²) >= 11 is 0. The summed E-state index contributed by atoms with van der Waals surface area (Å²) in [7, 11) is -1.76. The van der Waals surface area contributed by atoms with E-state index in [0.29, 0.717) is 18.0 Å². The van der Waals surface area contributed by atoms with E-state index in [1.165, 1.54) is 0 Å². The second-order valence-corrected chi connectivity index (χ2v) is 7.64. The molecule has 20 heavy (non-hydrogen) atoms. The van der Waals surface area contributed by atoms with Crippen molar-refractivity contribution in [3.63, 3.8) is 0 Å². The van der Waals surface area contributed by atoms with E-state index in [1.54, 1.807) is 19.2 Å². The zero-order chi connectivity index (χ0) is 15.2. The van der Waals surface area contributed by atoms with Crippen molar-refractivity contribution in [3.05, 3.63) is 29.8 Å². The second-order valence-electron chi connectivity index (χ2n) is 5.87. The molecular weight excluding hydrogens is 274 g/mol. The minimum atomic E-state index is -3.40. The SMILES string of the molecule is COCCCCNS(=O)(=O)c1ccc(C(C)(C)C)cc1. The van der Waals surface area contributed by atoms with Crippen LogP contribution in [0, 0.1) is 0 Å². The number of benzene rings is 1. The minimum Gasteiger partial charge on any atom is -0.385 e. The average molecular weight is 299 g/mol.